The van der Waals surface area contributed by atoms with Gasteiger partial charge in [-0.05, 0) is 33.2 Å². The zero-order valence-corrected chi connectivity index (χ0v) is 11.5. The highest BCUT2D eigenvalue weighted by Gasteiger charge is 2.30. The average Bonchev–Trinajstić information content (AvgIpc) is 2.91. The molecule has 2 fully saturated rings. The van der Waals surface area contributed by atoms with Crippen LogP contribution < -0.4 is 10.6 Å². The Kier molecular flexibility index (Phi) is 4.59. The molecular weight excluding hydrogens is 230 g/mol. The minimum Gasteiger partial charge on any atom is -0.379 e. The Bertz CT molecular complexity index is 282. The summed E-state index contributed by atoms with van der Waals surface area (Å²) in [4.78, 5) is 14.3. The zero-order valence-electron chi connectivity index (χ0n) is 11.5. The highest BCUT2D eigenvalue weighted by molar-refractivity contribution is 5.82. The molecule has 0 aromatic rings. The predicted molar refractivity (Wildman–Crippen MR) is 70.5 cm³/mol. The molecule has 0 unspecified atom stereocenters. The van der Waals surface area contributed by atoms with E-state index in [1.807, 2.05) is 0 Å². The van der Waals surface area contributed by atoms with Crippen LogP contribution in [0.15, 0.2) is 0 Å². The van der Waals surface area contributed by atoms with E-state index in [0.717, 1.165) is 45.7 Å². The number of nitrogens with zero attached hydrogens (tertiary/aromatic N) is 1. The van der Waals surface area contributed by atoms with Gasteiger partial charge in [-0.2, -0.15) is 0 Å². The number of rotatable bonds is 4. The first-order valence-corrected chi connectivity index (χ1v) is 6.93. The van der Waals surface area contributed by atoms with Crippen molar-refractivity contribution in [3.05, 3.63) is 0 Å². The standard InChI is InChI=1S/C13H25N3O2/c1-13(2,16-6-8-18-9-7-16)10-15-12(17)11-4-3-5-14-11/h11,14H,3-10H2,1-2H3,(H,15,17)/t11-/m1/s1. The Labute approximate surface area is 109 Å². The normalized spacial score (nSPS) is 26.2. The Morgan fingerprint density at radius 1 is 1.44 bits per heavy atom. The lowest BCUT2D eigenvalue weighted by Gasteiger charge is -2.41. The molecule has 0 aromatic carbocycles. The van der Waals surface area contributed by atoms with Crippen molar-refractivity contribution in [1.82, 2.24) is 15.5 Å². The van der Waals surface area contributed by atoms with Crippen LogP contribution in [-0.2, 0) is 9.53 Å². The molecule has 1 atom stereocenters. The quantitative estimate of drug-likeness (QED) is 0.740. The smallest absolute Gasteiger partial charge is 0.237 e. The van der Waals surface area contributed by atoms with Gasteiger partial charge in [0.25, 0.3) is 0 Å². The molecule has 2 rings (SSSR count). The zero-order chi connectivity index (χ0) is 13.0. The first-order chi connectivity index (χ1) is 8.59. The minimum absolute atomic E-state index is 0.00194. The van der Waals surface area contributed by atoms with Crippen molar-refractivity contribution in [3.8, 4) is 0 Å². The molecule has 5 heteroatoms. The number of carbonyl (C=O) groups excluding carboxylic acids is 1. The van der Waals surface area contributed by atoms with Crippen LogP contribution in [0.4, 0.5) is 0 Å². The van der Waals surface area contributed by atoms with E-state index in [-0.39, 0.29) is 17.5 Å². The van der Waals surface area contributed by atoms with E-state index in [1.165, 1.54) is 0 Å². The predicted octanol–water partition coefficient (Wildman–Crippen LogP) is -0.0346. The van der Waals surface area contributed by atoms with Gasteiger partial charge in [-0.25, -0.2) is 0 Å². The molecule has 2 saturated heterocycles. The molecular formula is C13H25N3O2. The topological polar surface area (TPSA) is 53.6 Å². The molecule has 0 aliphatic carbocycles. The number of amides is 1. The molecule has 2 heterocycles. The number of morpholine rings is 1. The molecule has 104 valence electrons. The number of hydrogen-bond acceptors (Lipinski definition) is 4. The molecule has 2 aliphatic rings. The lowest BCUT2D eigenvalue weighted by molar-refractivity contribution is -0.123. The average molecular weight is 255 g/mol. The van der Waals surface area contributed by atoms with Gasteiger partial charge in [-0.15, -0.1) is 0 Å². The van der Waals surface area contributed by atoms with E-state index < -0.39 is 0 Å². The van der Waals surface area contributed by atoms with Crippen LogP contribution in [0.5, 0.6) is 0 Å². The first-order valence-electron chi connectivity index (χ1n) is 6.93. The van der Waals surface area contributed by atoms with Gasteiger partial charge in [0.15, 0.2) is 0 Å². The molecule has 5 nitrogen and oxygen atoms in total. The van der Waals surface area contributed by atoms with Crippen LogP contribution in [0.1, 0.15) is 26.7 Å². The van der Waals surface area contributed by atoms with Crippen molar-refractivity contribution in [3.63, 3.8) is 0 Å². The van der Waals surface area contributed by atoms with Crippen LogP contribution in [-0.4, -0.2) is 61.8 Å². The summed E-state index contributed by atoms with van der Waals surface area (Å²) in [6.45, 7) is 9.51. The van der Waals surface area contributed by atoms with Crippen LogP contribution in [0.25, 0.3) is 0 Å². The fourth-order valence-corrected chi connectivity index (χ4v) is 2.62. The van der Waals surface area contributed by atoms with Gasteiger partial charge < -0.3 is 15.4 Å². The Morgan fingerprint density at radius 3 is 2.78 bits per heavy atom. The third-order valence-electron chi connectivity index (χ3n) is 3.94. The van der Waals surface area contributed by atoms with Crippen molar-refractivity contribution in [1.29, 1.82) is 0 Å². The summed E-state index contributed by atoms with van der Waals surface area (Å²) >= 11 is 0. The van der Waals surface area contributed by atoms with Crippen molar-refractivity contribution in [2.45, 2.75) is 38.3 Å². The van der Waals surface area contributed by atoms with Crippen LogP contribution in [0.2, 0.25) is 0 Å². The van der Waals surface area contributed by atoms with Gasteiger partial charge in [-0.1, -0.05) is 0 Å². The molecule has 0 aromatic heterocycles. The molecule has 1 amide bonds. The molecule has 0 saturated carbocycles. The van der Waals surface area contributed by atoms with Gasteiger partial charge in [-0.3, -0.25) is 9.69 Å². The Balaban J connectivity index is 1.78. The van der Waals surface area contributed by atoms with Crippen molar-refractivity contribution >= 4 is 5.91 Å². The van der Waals surface area contributed by atoms with E-state index in [1.54, 1.807) is 0 Å². The summed E-state index contributed by atoms with van der Waals surface area (Å²) in [6.07, 6.45) is 2.06. The highest BCUT2D eigenvalue weighted by atomic mass is 16.5. The molecule has 0 bridgehead atoms. The molecule has 2 aliphatic heterocycles. The maximum atomic E-state index is 12.0. The van der Waals surface area contributed by atoms with E-state index in [4.69, 9.17) is 4.74 Å². The monoisotopic (exact) mass is 255 g/mol. The fraction of sp³-hybridized carbons (Fsp3) is 0.923. The van der Waals surface area contributed by atoms with Gasteiger partial charge in [0, 0.05) is 25.2 Å². The van der Waals surface area contributed by atoms with E-state index >= 15 is 0 Å². The van der Waals surface area contributed by atoms with Gasteiger partial charge in [0.1, 0.15) is 0 Å². The molecule has 0 radical (unpaired) electrons. The number of carbonyl (C=O) groups is 1. The fourth-order valence-electron chi connectivity index (χ4n) is 2.62. The van der Waals surface area contributed by atoms with Crippen molar-refractivity contribution in [2.75, 3.05) is 39.4 Å². The summed E-state index contributed by atoms with van der Waals surface area (Å²) in [5.74, 6) is 0.147. The van der Waals surface area contributed by atoms with Gasteiger partial charge in [0.05, 0.1) is 19.3 Å². The third kappa shape index (κ3) is 3.43. The summed E-state index contributed by atoms with van der Waals surface area (Å²) < 4.78 is 5.36. The Morgan fingerprint density at radius 2 is 2.17 bits per heavy atom. The maximum absolute atomic E-state index is 12.0. The molecule has 0 spiro atoms. The van der Waals surface area contributed by atoms with Crippen LogP contribution in [0.3, 0.4) is 0 Å². The maximum Gasteiger partial charge on any atom is 0.237 e. The van der Waals surface area contributed by atoms with Crippen molar-refractivity contribution < 1.29 is 9.53 Å². The van der Waals surface area contributed by atoms with E-state index in [0.29, 0.717) is 6.54 Å². The summed E-state index contributed by atoms with van der Waals surface area (Å²) in [6, 6.07) is 0.0190. The SMILES string of the molecule is CC(C)(CNC(=O)[C@H]1CCCN1)N1CCOCC1. The Hall–Kier alpha value is -0.650. The molecule has 18 heavy (non-hydrogen) atoms. The van der Waals surface area contributed by atoms with E-state index in [9.17, 15) is 4.79 Å². The van der Waals surface area contributed by atoms with Gasteiger partial charge >= 0.3 is 0 Å². The van der Waals surface area contributed by atoms with E-state index in [2.05, 4.69) is 29.4 Å². The van der Waals surface area contributed by atoms with Crippen LogP contribution >= 0.6 is 0 Å². The summed E-state index contributed by atoms with van der Waals surface area (Å²) in [7, 11) is 0. The lowest BCUT2D eigenvalue weighted by Crippen LogP contribution is -2.56. The van der Waals surface area contributed by atoms with Crippen LogP contribution in [0, 0.1) is 0 Å². The number of nitrogens with one attached hydrogen (secondary N) is 2. The second kappa shape index (κ2) is 5.99. The minimum atomic E-state index is -0.00194. The second-order valence-corrected chi connectivity index (χ2v) is 5.78. The number of hydrogen-bond donors (Lipinski definition) is 2. The largest absolute Gasteiger partial charge is 0.379 e. The lowest BCUT2D eigenvalue weighted by atomic mass is 10.0. The highest BCUT2D eigenvalue weighted by Crippen LogP contribution is 2.15. The van der Waals surface area contributed by atoms with Gasteiger partial charge in [0.2, 0.25) is 5.91 Å². The molecule has 2 N–H and O–H groups in total. The second-order valence-electron chi connectivity index (χ2n) is 5.78. The summed E-state index contributed by atoms with van der Waals surface area (Å²) in [5.41, 5.74) is -0.00194. The summed E-state index contributed by atoms with van der Waals surface area (Å²) in [5, 5.41) is 6.30. The number of ether oxygens (including phenoxy) is 1. The third-order valence-corrected chi connectivity index (χ3v) is 3.94. The van der Waals surface area contributed by atoms with Crippen molar-refractivity contribution in [2.24, 2.45) is 0 Å². The first kappa shape index (κ1) is 13.8.